The van der Waals surface area contributed by atoms with Gasteiger partial charge in [-0.05, 0) is 26.2 Å². The molecule has 1 atom stereocenters. The Morgan fingerprint density at radius 1 is 1.41 bits per heavy atom. The van der Waals surface area contributed by atoms with Crippen molar-refractivity contribution in [2.45, 2.75) is 58.4 Å². The largest absolute Gasteiger partial charge is 0.339 e. The number of aromatic nitrogens is 1. The highest BCUT2D eigenvalue weighted by atomic mass is 16.5. The summed E-state index contributed by atoms with van der Waals surface area (Å²) in [6, 6.07) is 0.337. The van der Waals surface area contributed by atoms with Gasteiger partial charge < -0.3 is 9.42 Å². The third-order valence-corrected chi connectivity index (χ3v) is 4.87. The van der Waals surface area contributed by atoms with Crippen LogP contribution in [0.1, 0.15) is 50.3 Å². The Morgan fingerprint density at radius 3 is 2.82 bits per heavy atom. The number of aryl methyl sites for hydroxylation is 1. The Labute approximate surface area is 130 Å². The van der Waals surface area contributed by atoms with Crippen LogP contribution in [0.25, 0.3) is 0 Å². The van der Waals surface area contributed by atoms with E-state index in [2.05, 4.69) is 10.5 Å². The molecule has 0 radical (unpaired) electrons. The minimum Gasteiger partial charge on any atom is -0.339 e. The molecule has 22 heavy (non-hydrogen) atoms. The lowest BCUT2D eigenvalue weighted by atomic mass is 10.1. The van der Waals surface area contributed by atoms with Crippen LogP contribution in [0.15, 0.2) is 4.52 Å². The zero-order chi connectivity index (χ0) is 15.7. The second-order valence-electron chi connectivity index (χ2n) is 6.30. The Balaban J connectivity index is 1.64. The van der Waals surface area contributed by atoms with Crippen LogP contribution in [0.2, 0.25) is 0 Å². The van der Waals surface area contributed by atoms with Gasteiger partial charge in [0.25, 0.3) is 0 Å². The van der Waals surface area contributed by atoms with E-state index in [4.69, 9.17) is 4.52 Å². The Kier molecular flexibility index (Phi) is 4.18. The molecule has 1 unspecified atom stereocenters. The average Bonchev–Trinajstić information content (AvgIpc) is 3.19. The third-order valence-electron chi connectivity index (χ3n) is 4.87. The van der Waals surface area contributed by atoms with Gasteiger partial charge in [0.2, 0.25) is 17.7 Å². The predicted molar refractivity (Wildman–Crippen MR) is 81.3 cm³/mol. The van der Waals surface area contributed by atoms with Crippen LogP contribution in [0.5, 0.6) is 0 Å². The molecule has 1 aliphatic heterocycles. The molecule has 2 amide bonds. The van der Waals surface area contributed by atoms with Crippen LogP contribution in [-0.4, -0.2) is 34.5 Å². The molecule has 120 valence electrons. The van der Waals surface area contributed by atoms with Gasteiger partial charge in [0, 0.05) is 24.6 Å². The van der Waals surface area contributed by atoms with Crippen molar-refractivity contribution in [1.82, 2.24) is 10.1 Å². The lowest BCUT2D eigenvalue weighted by Gasteiger charge is -2.23. The normalized spacial score (nSPS) is 22.5. The molecule has 6 nitrogen and oxygen atoms in total. The van der Waals surface area contributed by atoms with Crippen molar-refractivity contribution in [1.29, 1.82) is 0 Å². The Bertz CT molecular complexity index is 575. The molecule has 6 heteroatoms. The Morgan fingerprint density at radius 2 is 2.14 bits per heavy atom. The van der Waals surface area contributed by atoms with Crippen molar-refractivity contribution in [3.8, 4) is 0 Å². The van der Waals surface area contributed by atoms with E-state index in [1.165, 1.54) is 12.8 Å². The van der Waals surface area contributed by atoms with E-state index in [1.54, 1.807) is 0 Å². The van der Waals surface area contributed by atoms with E-state index in [0.29, 0.717) is 24.9 Å². The maximum absolute atomic E-state index is 12.4. The number of carbonyl (C=O) groups excluding carboxylic acids is 2. The first-order valence-electron chi connectivity index (χ1n) is 8.15. The highest BCUT2D eigenvalue weighted by molar-refractivity contribution is 5.96. The second kappa shape index (κ2) is 6.10. The quantitative estimate of drug-likeness (QED) is 0.926. The minimum atomic E-state index is -0.289. The topological polar surface area (TPSA) is 75.4 Å². The summed E-state index contributed by atoms with van der Waals surface area (Å²) >= 11 is 0. The number of hydrogen-bond donors (Lipinski definition) is 1. The third kappa shape index (κ3) is 2.74. The lowest BCUT2D eigenvalue weighted by Crippen LogP contribution is -2.35. The number of carbonyl (C=O) groups is 2. The van der Waals surface area contributed by atoms with E-state index in [1.807, 2.05) is 18.7 Å². The number of likely N-dealkylation sites (tertiary alicyclic amines) is 1. The van der Waals surface area contributed by atoms with Gasteiger partial charge in [-0.1, -0.05) is 24.9 Å². The second-order valence-corrected chi connectivity index (χ2v) is 6.30. The molecule has 2 fully saturated rings. The predicted octanol–water partition coefficient (Wildman–Crippen LogP) is 2.28. The first-order valence-corrected chi connectivity index (χ1v) is 8.15. The molecule has 1 saturated carbocycles. The van der Waals surface area contributed by atoms with E-state index in [-0.39, 0.29) is 17.7 Å². The van der Waals surface area contributed by atoms with Crippen molar-refractivity contribution < 1.29 is 14.1 Å². The van der Waals surface area contributed by atoms with Crippen LogP contribution in [0, 0.1) is 12.8 Å². The summed E-state index contributed by atoms with van der Waals surface area (Å²) in [7, 11) is 0. The number of amides is 2. The first kappa shape index (κ1) is 15.1. The van der Waals surface area contributed by atoms with E-state index in [0.717, 1.165) is 30.5 Å². The van der Waals surface area contributed by atoms with Crippen LogP contribution >= 0.6 is 0 Å². The van der Waals surface area contributed by atoms with Crippen LogP contribution in [-0.2, 0) is 16.0 Å². The van der Waals surface area contributed by atoms with Crippen molar-refractivity contribution in [3.63, 3.8) is 0 Å². The summed E-state index contributed by atoms with van der Waals surface area (Å²) in [4.78, 5) is 26.5. The van der Waals surface area contributed by atoms with Crippen LogP contribution in [0.4, 0.5) is 5.88 Å². The molecule has 0 aromatic carbocycles. The number of anilines is 1. The zero-order valence-electron chi connectivity index (χ0n) is 13.2. The number of hydrogen-bond acceptors (Lipinski definition) is 4. The number of rotatable bonds is 4. The lowest BCUT2D eigenvalue weighted by molar-refractivity contribution is -0.129. The monoisotopic (exact) mass is 305 g/mol. The molecule has 1 saturated heterocycles. The number of nitrogens with zero attached hydrogens (tertiary/aromatic N) is 2. The summed E-state index contributed by atoms with van der Waals surface area (Å²) in [5.41, 5.74) is 1.72. The summed E-state index contributed by atoms with van der Waals surface area (Å²) in [5, 5.41) is 6.70. The van der Waals surface area contributed by atoms with Gasteiger partial charge in [0.15, 0.2) is 0 Å². The molecule has 1 aromatic heterocycles. The van der Waals surface area contributed by atoms with E-state index < -0.39 is 0 Å². The van der Waals surface area contributed by atoms with Gasteiger partial charge in [0.1, 0.15) is 0 Å². The molecule has 1 aliphatic carbocycles. The summed E-state index contributed by atoms with van der Waals surface area (Å²) in [6.07, 6.45) is 5.56. The van der Waals surface area contributed by atoms with Crippen molar-refractivity contribution in [3.05, 3.63) is 11.3 Å². The molecule has 3 rings (SSSR count). The van der Waals surface area contributed by atoms with Gasteiger partial charge in [-0.3, -0.25) is 14.9 Å². The minimum absolute atomic E-state index is 0.108. The van der Waals surface area contributed by atoms with Gasteiger partial charge in [0.05, 0.1) is 11.6 Å². The fraction of sp³-hybridized carbons (Fsp3) is 0.688. The molecule has 1 aromatic rings. The van der Waals surface area contributed by atoms with Crippen molar-refractivity contribution >= 4 is 17.7 Å². The van der Waals surface area contributed by atoms with Crippen molar-refractivity contribution in [2.75, 3.05) is 11.9 Å². The highest BCUT2D eigenvalue weighted by Gasteiger charge is 2.39. The van der Waals surface area contributed by atoms with Gasteiger partial charge in [-0.25, -0.2) is 0 Å². The standard InChI is InChI=1S/C16H23N3O3/c1-3-13-10(2)18-22-16(13)17-15(21)11-8-14(20)19(9-11)12-6-4-5-7-12/h11-12H,3-9H2,1-2H3,(H,17,21). The van der Waals surface area contributed by atoms with Crippen molar-refractivity contribution in [2.24, 2.45) is 5.92 Å². The van der Waals surface area contributed by atoms with Gasteiger partial charge in [-0.2, -0.15) is 0 Å². The molecule has 2 heterocycles. The Hall–Kier alpha value is -1.85. The maximum Gasteiger partial charge on any atom is 0.234 e. The smallest absolute Gasteiger partial charge is 0.234 e. The summed E-state index contributed by atoms with van der Waals surface area (Å²) in [6.45, 7) is 4.39. The van der Waals surface area contributed by atoms with Crippen LogP contribution in [0.3, 0.4) is 0 Å². The van der Waals surface area contributed by atoms with Crippen LogP contribution < -0.4 is 5.32 Å². The fourth-order valence-corrected chi connectivity index (χ4v) is 3.59. The average molecular weight is 305 g/mol. The van der Waals surface area contributed by atoms with E-state index >= 15 is 0 Å². The molecule has 2 aliphatic rings. The first-order chi connectivity index (χ1) is 10.6. The van der Waals surface area contributed by atoms with E-state index in [9.17, 15) is 9.59 Å². The molecular weight excluding hydrogens is 282 g/mol. The molecule has 0 spiro atoms. The zero-order valence-corrected chi connectivity index (χ0v) is 13.2. The summed E-state index contributed by atoms with van der Waals surface area (Å²) in [5.74, 6) is 0.108. The van der Waals surface area contributed by atoms with Gasteiger partial charge >= 0.3 is 0 Å². The number of nitrogens with one attached hydrogen (secondary N) is 1. The maximum atomic E-state index is 12.4. The summed E-state index contributed by atoms with van der Waals surface area (Å²) < 4.78 is 5.19. The highest BCUT2D eigenvalue weighted by Crippen LogP contribution is 2.30. The SMILES string of the molecule is CCc1c(C)noc1NC(=O)C1CC(=O)N(C2CCCC2)C1. The molecule has 0 bridgehead atoms. The van der Waals surface area contributed by atoms with Gasteiger partial charge in [-0.15, -0.1) is 0 Å². The molecular formula is C16H23N3O3. The molecule has 1 N–H and O–H groups in total. The fourth-order valence-electron chi connectivity index (χ4n) is 3.59.